The van der Waals surface area contributed by atoms with Gasteiger partial charge in [-0.2, -0.15) is 4.31 Å². The van der Waals surface area contributed by atoms with Crippen molar-refractivity contribution in [1.29, 1.82) is 0 Å². The van der Waals surface area contributed by atoms with Gasteiger partial charge in [0.15, 0.2) is 0 Å². The number of nitrogens with zero attached hydrogens (tertiary/aromatic N) is 1. The van der Waals surface area contributed by atoms with E-state index in [2.05, 4.69) is 6.26 Å². The Morgan fingerprint density at radius 1 is 1.30 bits per heavy atom. The first-order valence-corrected chi connectivity index (χ1v) is 4.62. The zero-order valence-corrected chi connectivity index (χ0v) is 6.43. The van der Waals surface area contributed by atoms with E-state index in [-0.39, 0.29) is 0 Å². The average molecular weight is 164 g/mol. The van der Waals surface area contributed by atoms with Crippen LogP contribution >= 0.6 is 0 Å². The highest BCUT2D eigenvalue weighted by atomic mass is 32.2. The lowest BCUT2D eigenvalue weighted by Crippen LogP contribution is -2.39. The predicted octanol–water partition coefficient (Wildman–Crippen LogP) is -0.560. The number of rotatable bonds is 1. The molecule has 0 aromatic heterocycles. The summed E-state index contributed by atoms with van der Waals surface area (Å²) in [5.41, 5.74) is 0. The second-order valence-corrected chi connectivity index (χ2v) is 3.80. The minimum atomic E-state index is -3.22. The van der Waals surface area contributed by atoms with Crippen molar-refractivity contribution in [2.45, 2.75) is 0 Å². The summed E-state index contributed by atoms with van der Waals surface area (Å²) in [6, 6.07) is 0. The molecule has 1 saturated heterocycles. The van der Waals surface area contributed by atoms with Crippen molar-refractivity contribution >= 4 is 10.0 Å². The number of morpholine rings is 1. The van der Waals surface area contributed by atoms with Crippen molar-refractivity contribution < 1.29 is 13.2 Å². The van der Waals surface area contributed by atoms with Crippen molar-refractivity contribution in [2.24, 2.45) is 0 Å². The monoisotopic (exact) mass is 164 g/mol. The number of ether oxygens (including phenoxy) is 1. The smallest absolute Gasteiger partial charge is 0.215 e. The van der Waals surface area contributed by atoms with E-state index in [1.54, 1.807) is 0 Å². The van der Waals surface area contributed by atoms with E-state index >= 15 is 0 Å². The van der Waals surface area contributed by atoms with E-state index in [9.17, 15) is 8.42 Å². The molecule has 59 valence electrons. The Hall–Kier alpha value is -0.130. The number of hydrogen-bond donors (Lipinski definition) is 0. The average Bonchev–Trinajstić information content (AvgIpc) is 1.88. The zero-order valence-electron chi connectivity index (χ0n) is 5.62. The summed E-state index contributed by atoms with van der Waals surface area (Å²) in [4.78, 5) is 0. The lowest BCUT2D eigenvalue weighted by Gasteiger charge is -2.23. The standard InChI is InChI=1S/C5H10NO3S/c1-10(7,8)6-2-4-9-5-3-6/h1-5H2. The highest BCUT2D eigenvalue weighted by Crippen LogP contribution is 2.02. The molecule has 0 aromatic rings. The van der Waals surface area contributed by atoms with Gasteiger partial charge in [-0.25, -0.2) is 8.42 Å². The minimum Gasteiger partial charge on any atom is -0.379 e. The number of sulfonamides is 1. The molecule has 0 unspecified atom stereocenters. The van der Waals surface area contributed by atoms with Crippen LogP contribution in [0.1, 0.15) is 0 Å². The Balaban J connectivity index is 2.56. The maximum absolute atomic E-state index is 10.7. The molecule has 1 aliphatic heterocycles. The lowest BCUT2D eigenvalue weighted by atomic mass is 10.5. The molecular weight excluding hydrogens is 154 g/mol. The van der Waals surface area contributed by atoms with Crippen LogP contribution in [0.4, 0.5) is 0 Å². The van der Waals surface area contributed by atoms with Gasteiger partial charge >= 0.3 is 0 Å². The lowest BCUT2D eigenvalue weighted by molar-refractivity contribution is 0.0735. The first kappa shape index (κ1) is 7.97. The molecule has 1 heterocycles. The van der Waals surface area contributed by atoms with E-state index in [4.69, 9.17) is 4.74 Å². The Bertz CT molecular complexity index is 193. The molecule has 5 heteroatoms. The molecule has 1 rings (SSSR count). The predicted molar refractivity (Wildman–Crippen MR) is 36.7 cm³/mol. The summed E-state index contributed by atoms with van der Waals surface area (Å²) >= 11 is 0. The molecule has 0 saturated carbocycles. The van der Waals surface area contributed by atoms with Gasteiger partial charge in [-0.05, 0) is 0 Å². The summed E-state index contributed by atoms with van der Waals surface area (Å²) in [7, 11) is -3.22. The summed E-state index contributed by atoms with van der Waals surface area (Å²) in [6.07, 6.45) is 3.04. The van der Waals surface area contributed by atoms with Crippen molar-refractivity contribution in [3.8, 4) is 0 Å². The second-order valence-electron chi connectivity index (χ2n) is 2.12. The molecule has 1 radical (unpaired) electrons. The molecule has 0 N–H and O–H groups in total. The van der Waals surface area contributed by atoms with Gasteiger partial charge in [-0.1, -0.05) is 0 Å². The molecule has 4 nitrogen and oxygen atoms in total. The van der Waals surface area contributed by atoms with Crippen LogP contribution in [0.15, 0.2) is 0 Å². The van der Waals surface area contributed by atoms with E-state index in [0.29, 0.717) is 26.3 Å². The highest BCUT2D eigenvalue weighted by molar-refractivity contribution is 7.90. The minimum absolute atomic E-state index is 0.436. The van der Waals surface area contributed by atoms with Gasteiger partial charge in [0, 0.05) is 13.1 Å². The third-order valence-corrected chi connectivity index (χ3v) is 2.52. The summed E-state index contributed by atoms with van der Waals surface area (Å²) in [5.74, 6) is 0. The maximum atomic E-state index is 10.7. The molecule has 1 aliphatic rings. The van der Waals surface area contributed by atoms with Gasteiger partial charge in [-0.15, -0.1) is 0 Å². The molecule has 0 aromatic carbocycles. The molecule has 0 amide bonds. The second kappa shape index (κ2) is 2.86. The van der Waals surface area contributed by atoms with Crippen molar-refractivity contribution in [3.05, 3.63) is 6.26 Å². The van der Waals surface area contributed by atoms with Crippen LogP contribution in [-0.2, 0) is 14.8 Å². The van der Waals surface area contributed by atoms with Crippen molar-refractivity contribution in [2.75, 3.05) is 26.3 Å². The first-order valence-electron chi connectivity index (χ1n) is 3.01. The third kappa shape index (κ3) is 1.93. The van der Waals surface area contributed by atoms with Crippen LogP contribution < -0.4 is 0 Å². The van der Waals surface area contributed by atoms with Crippen LogP contribution in [0, 0.1) is 6.26 Å². The van der Waals surface area contributed by atoms with E-state index in [0.717, 1.165) is 0 Å². The largest absolute Gasteiger partial charge is 0.379 e. The Labute approximate surface area is 60.8 Å². The van der Waals surface area contributed by atoms with Gasteiger partial charge in [0.2, 0.25) is 10.0 Å². The SMILES string of the molecule is [CH2]S(=O)(=O)N1CCOCC1. The van der Waals surface area contributed by atoms with Crippen LogP contribution in [-0.4, -0.2) is 39.0 Å². The quantitative estimate of drug-likeness (QED) is 0.522. The molecule has 0 spiro atoms. The third-order valence-electron chi connectivity index (χ3n) is 1.36. The fraction of sp³-hybridized carbons (Fsp3) is 0.800. The van der Waals surface area contributed by atoms with Crippen molar-refractivity contribution in [1.82, 2.24) is 4.31 Å². The van der Waals surface area contributed by atoms with E-state index in [1.165, 1.54) is 4.31 Å². The Morgan fingerprint density at radius 2 is 1.80 bits per heavy atom. The summed E-state index contributed by atoms with van der Waals surface area (Å²) in [6.45, 7) is 1.83. The maximum Gasteiger partial charge on any atom is 0.215 e. The molecule has 0 atom stereocenters. The van der Waals surface area contributed by atoms with Crippen molar-refractivity contribution in [3.63, 3.8) is 0 Å². The van der Waals surface area contributed by atoms with Crippen LogP contribution in [0.2, 0.25) is 0 Å². The topological polar surface area (TPSA) is 46.6 Å². The molecular formula is C5H10NO3S. The Morgan fingerprint density at radius 3 is 2.10 bits per heavy atom. The van der Waals surface area contributed by atoms with Gasteiger partial charge in [0.1, 0.15) is 0 Å². The molecule has 10 heavy (non-hydrogen) atoms. The van der Waals surface area contributed by atoms with Crippen LogP contribution in [0.25, 0.3) is 0 Å². The first-order chi connectivity index (χ1) is 4.61. The highest BCUT2D eigenvalue weighted by Gasteiger charge is 2.18. The van der Waals surface area contributed by atoms with Crippen LogP contribution in [0.3, 0.4) is 0 Å². The van der Waals surface area contributed by atoms with Gasteiger partial charge in [-0.3, -0.25) is 0 Å². The van der Waals surface area contributed by atoms with Gasteiger partial charge in [0.25, 0.3) is 0 Å². The van der Waals surface area contributed by atoms with Crippen LogP contribution in [0.5, 0.6) is 0 Å². The fourth-order valence-corrected chi connectivity index (χ4v) is 1.53. The summed E-state index contributed by atoms with van der Waals surface area (Å²) in [5, 5.41) is 0. The normalized spacial score (nSPS) is 22.9. The van der Waals surface area contributed by atoms with E-state index < -0.39 is 10.0 Å². The molecule has 0 aliphatic carbocycles. The molecule has 1 fully saturated rings. The molecule has 0 bridgehead atoms. The number of hydrogen-bond acceptors (Lipinski definition) is 3. The summed E-state index contributed by atoms with van der Waals surface area (Å²) < 4.78 is 27.8. The zero-order chi connectivity index (χ0) is 7.61. The Kier molecular flexibility index (Phi) is 2.28. The van der Waals surface area contributed by atoms with E-state index in [1.807, 2.05) is 0 Å². The van der Waals surface area contributed by atoms with Gasteiger partial charge < -0.3 is 4.74 Å². The van der Waals surface area contributed by atoms with Gasteiger partial charge in [0.05, 0.1) is 19.5 Å². The fourth-order valence-electron chi connectivity index (χ4n) is 0.825.